The predicted molar refractivity (Wildman–Crippen MR) is 80.0 cm³/mol. The summed E-state index contributed by atoms with van der Waals surface area (Å²) in [6.07, 6.45) is 0. The van der Waals surface area contributed by atoms with Gasteiger partial charge in [-0.2, -0.15) is 0 Å². The van der Waals surface area contributed by atoms with Gasteiger partial charge in [0.2, 0.25) is 0 Å². The average molecular weight is 312 g/mol. The molecule has 1 aromatic rings. The zero-order valence-corrected chi connectivity index (χ0v) is 13.6. The molecule has 0 saturated heterocycles. The van der Waals surface area contributed by atoms with Crippen molar-refractivity contribution in [1.29, 1.82) is 0 Å². The number of rotatable bonds is 6. The van der Waals surface area contributed by atoms with E-state index in [9.17, 15) is 14.7 Å². The lowest BCUT2D eigenvalue weighted by Crippen LogP contribution is -2.26. The molecule has 21 heavy (non-hydrogen) atoms. The fourth-order valence-corrected chi connectivity index (χ4v) is 2.65. The highest BCUT2D eigenvalue weighted by Gasteiger charge is 2.29. The molecular weight excluding hydrogens is 292 g/mol. The minimum atomic E-state index is -1.10. The van der Waals surface area contributed by atoms with E-state index in [0.29, 0.717) is 16.5 Å². The van der Waals surface area contributed by atoms with E-state index in [-0.39, 0.29) is 17.2 Å². The van der Waals surface area contributed by atoms with Gasteiger partial charge in [-0.05, 0) is 20.8 Å². The summed E-state index contributed by atoms with van der Waals surface area (Å²) in [4.78, 5) is 31.0. The molecule has 1 rings (SSSR count). The second kappa shape index (κ2) is 6.43. The second-order valence-corrected chi connectivity index (χ2v) is 6.75. The van der Waals surface area contributed by atoms with Crippen molar-refractivity contribution < 1.29 is 19.8 Å². The molecular formula is C14H20N2O4S. The molecule has 6 nitrogen and oxygen atoms in total. The van der Waals surface area contributed by atoms with Crippen molar-refractivity contribution in [3.63, 3.8) is 0 Å². The van der Waals surface area contributed by atoms with Gasteiger partial charge < -0.3 is 10.2 Å². The first kappa shape index (κ1) is 17.4. The summed E-state index contributed by atoms with van der Waals surface area (Å²) < 4.78 is 0. The highest BCUT2D eigenvalue weighted by molar-refractivity contribution is 7.99. The van der Waals surface area contributed by atoms with Crippen LogP contribution in [0.5, 0.6) is 0 Å². The number of aromatic nitrogens is 2. The molecule has 0 aliphatic heterocycles. The molecule has 0 unspecified atom stereocenters. The Kier molecular flexibility index (Phi) is 5.33. The molecule has 0 spiro atoms. The Morgan fingerprint density at radius 1 is 1.24 bits per heavy atom. The van der Waals surface area contributed by atoms with Gasteiger partial charge in [0.05, 0.1) is 11.1 Å². The van der Waals surface area contributed by atoms with E-state index in [2.05, 4.69) is 9.97 Å². The minimum Gasteiger partial charge on any atom is -0.481 e. The van der Waals surface area contributed by atoms with Gasteiger partial charge in [-0.3, -0.25) is 4.79 Å². The van der Waals surface area contributed by atoms with E-state index in [4.69, 9.17) is 5.11 Å². The quantitative estimate of drug-likeness (QED) is 0.615. The van der Waals surface area contributed by atoms with E-state index in [1.54, 1.807) is 20.8 Å². The zero-order valence-electron chi connectivity index (χ0n) is 12.8. The lowest BCUT2D eigenvalue weighted by atomic mass is 9.97. The van der Waals surface area contributed by atoms with E-state index in [1.165, 1.54) is 0 Å². The Labute approximate surface area is 128 Å². The maximum absolute atomic E-state index is 11.4. The second-order valence-electron chi connectivity index (χ2n) is 5.78. The van der Waals surface area contributed by atoms with Gasteiger partial charge >= 0.3 is 11.9 Å². The number of nitrogens with zero attached hydrogens (tertiary/aromatic N) is 2. The van der Waals surface area contributed by atoms with Crippen molar-refractivity contribution in [2.45, 2.75) is 45.6 Å². The molecule has 116 valence electrons. The topological polar surface area (TPSA) is 100 Å². The Balaban J connectivity index is 3.20. The molecule has 0 amide bonds. The number of carbonyl (C=O) groups is 2. The standard InChI is InChI=1S/C14H20N2O4S/c1-7(2)10-15-8(3)9(12(17)18)11(16-10)21-6-14(4,5)13(19)20/h7H,6H2,1-5H3,(H,17,18)(H,19,20). The largest absolute Gasteiger partial charge is 0.481 e. The summed E-state index contributed by atoms with van der Waals surface area (Å²) in [6, 6.07) is 0. The van der Waals surface area contributed by atoms with Gasteiger partial charge in [0, 0.05) is 11.7 Å². The third kappa shape index (κ3) is 4.17. The fourth-order valence-electron chi connectivity index (χ4n) is 1.49. The Hall–Kier alpha value is -1.63. The number of aromatic carboxylic acids is 1. The molecule has 0 aliphatic rings. The van der Waals surface area contributed by atoms with Crippen LogP contribution in [0.1, 0.15) is 55.5 Å². The van der Waals surface area contributed by atoms with Crippen molar-refractivity contribution in [1.82, 2.24) is 9.97 Å². The van der Waals surface area contributed by atoms with Gasteiger partial charge in [-0.1, -0.05) is 13.8 Å². The summed E-state index contributed by atoms with van der Waals surface area (Å²) in [6.45, 7) is 8.67. The number of hydrogen-bond acceptors (Lipinski definition) is 5. The molecule has 0 aromatic carbocycles. The lowest BCUT2D eigenvalue weighted by molar-refractivity contribution is -0.145. The number of carboxylic acids is 2. The number of aliphatic carboxylic acids is 1. The minimum absolute atomic E-state index is 0.0468. The highest BCUT2D eigenvalue weighted by atomic mass is 32.2. The van der Waals surface area contributed by atoms with Crippen LogP contribution in [0.3, 0.4) is 0 Å². The van der Waals surface area contributed by atoms with Crippen molar-refractivity contribution in [3.8, 4) is 0 Å². The number of hydrogen-bond donors (Lipinski definition) is 2. The van der Waals surface area contributed by atoms with Crippen LogP contribution >= 0.6 is 11.8 Å². The van der Waals surface area contributed by atoms with Gasteiger partial charge in [0.25, 0.3) is 0 Å². The summed E-state index contributed by atoms with van der Waals surface area (Å²) in [5, 5.41) is 18.8. The van der Waals surface area contributed by atoms with E-state index >= 15 is 0 Å². The molecule has 0 atom stereocenters. The summed E-state index contributed by atoms with van der Waals surface area (Å²) >= 11 is 1.14. The number of thioether (sulfide) groups is 1. The highest BCUT2D eigenvalue weighted by Crippen LogP contribution is 2.30. The van der Waals surface area contributed by atoms with E-state index in [1.807, 2.05) is 13.8 Å². The van der Waals surface area contributed by atoms with Gasteiger partial charge in [-0.15, -0.1) is 11.8 Å². The van der Waals surface area contributed by atoms with Crippen molar-refractivity contribution in [3.05, 3.63) is 17.1 Å². The van der Waals surface area contributed by atoms with Gasteiger partial charge in [0.15, 0.2) is 0 Å². The van der Waals surface area contributed by atoms with Crippen LogP contribution in [0.25, 0.3) is 0 Å². The van der Waals surface area contributed by atoms with Crippen molar-refractivity contribution >= 4 is 23.7 Å². The number of carboxylic acid groups (broad SMARTS) is 2. The third-order valence-electron chi connectivity index (χ3n) is 2.95. The van der Waals surface area contributed by atoms with Crippen LogP contribution in [0.15, 0.2) is 5.03 Å². The summed E-state index contributed by atoms with van der Waals surface area (Å²) in [5.41, 5.74) is -0.514. The van der Waals surface area contributed by atoms with Crippen LogP contribution in [0.2, 0.25) is 0 Å². The van der Waals surface area contributed by atoms with Gasteiger partial charge in [0.1, 0.15) is 16.4 Å². The lowest BCUT2D eigenvalue weighted by Gasteiger charge is -2.19. The normalized spacial score (nSPS) is 11.7. The Morgan fingerprint density at radius 3 is 2.24 bits per heavy atom. The van der Waals surface area contributed by atoms with Crippen LogP contribution < -0.4 is 0 Å². The van der Waals surface area contributed by atoms with E-state index < -0.39 is 17.4 Å². The molecule has 0 fully saturated rings. The third-order valence-corrected chi connectivity index (χ3v) is 4.39. The van der Waals surface area contributed by atoms with Crippen LogP contribution in [0.4, 0.5) is 0 Å². The first-order chi connectivity index (χ1) is 9.56. The fraction of sp³-hybridized carbons (Fsp3) is 0.571. The molecule has 1 aromatic heterocycles. The molecule has 0 bridgehead atoms. The number of aryl methyl sites for hydroxylation is 1. The molecule has 0 aliphatic carbocycles. The first-order valence-electron chi connectivity index (χ1n) is 6.54. The summed E-state index contributed by atoms with van der Waals surface area (Å²) in [7, 11) is 0. The average Bonchev–Trinajstić information content (AvgIpc) is 2.34. The predicted octanol–water partition coefficient (Wildman–Crippen LogP) is 2.81. The maximum Gasteiger partial charge on any atom is 0.340 e. The molecule has 0 radical (unpaired) electrons. The van der Waals surface area contributed by atoms with Crippen molar-refractivity contribution in [2.75, 3.05) is 5.75 Å². The SMILES string of the molecule is Cc1nc(C(C)C)nc(SCC(C)(C)C(=O)O)c1C(=O)O. The van der Waals surface area contributed by atoms with E-state index in [0.717, 1.165) is 11.8 Å². The molecule has 7 heteroatoms. The molecule has 1 heterocycles. The van der Waals surface area contributed by atoms with Crippen LogP contribution in [-0.2, 0) is 4.79 Å². The Bertz CT molecular complexity index is 570. The smallest absolute Gasteiger partial charge is 0.340 e. The zero-order chi connectivity index (χ0) is 16.4. The molecule has 0 saturated carbocycles. The van der Waals surface area contributed by atoms with Crippen LogP contribution in [-0.4, -0.2) is 37.9 Å². The van der Waals surface area contributed by atoms with Crippen LogP contribution in [0, 0.1) is 12.3 Å². The monoisotopic (exact) mass is 312 g/mol. The summed E-state index contributed by atoms with van der Waals surface area (Å²) in [5.74, 6) is -1.16. The molecule has 2 N–H and O–H groups in total. The van der Waals surface area contributed by atoms with Gasteiger partial charge in [-0.25, -0.2) is 14.8 Å². The Morgan fingerprint density at radius 2 is 1.81 bits per heavy atom. The first-order valence-corrected chi connectivity index (χ1v) is 7.53. The maximum atomic E-state index is 11.4. The van der Waals surface area contributed by atoms with Crippen molar-refractivity contribution in [2.24, 2.45) is 5.41 Å².